The van der Waals surface area contributed by atoms with Crippen LogP contribution >= 0.6 is 23.2 Å². The van der Waals surface area contributed by atoms with Crippen LogP contribution in [0.3, 0.4) is 0 Å². The lowest BCUT2D eigenvalue weighted by Crippen LogP contribution is -2.34. The molecule has 2 aromatic carbocycles. The van der Waals surface area contributed by atoms with Gasteiger partial charge < -0.3 is 14.9 Å². The molecule has 0 saturated heterocycles. The second kappa shape index (κ2) is 8.09. The predicted octanol–water partition coefficient (Wildman–Crippen LogP) is 3.71. The highest BCUT2D eigenvalue weighted by Crippen LogP contribution is 2.28. The molecule has 0 aliphatic carbocycles. The summed E-state index contributed by atoms with van der Waals surface area (Å²) in [6.07, 6.45) is -0.858. The molecule has 0 bridgehead atoms. The molecule has 0 aliphatic rings. The van der Waals surface area contributed by atoms with Crippen molar-refractivity contribution in [1.29, 1.82) is 0 Å². The fraction of sp³-hybridized carbons (Fsp3) is 0.176. The minimum atomic E-state index is -0.858. The fourth-order valence-electron chi connectivity index (χ4n) is 1.93. The number of carbonyl (C=O) groups excluding carboxylic acids is 1. The smallest absolute Gasteiger partial charge is 0.280 e. The Morgan fingerprint density at radius 2 is 1.92 bits per heavy atom. The summed E-state index contributed by atoms with van der Waals surface area (Å²) in [7, 11) is 0. The maximum Gasteiger partial charge on any atom is 0.280 e. The molecule has 0 unspecified atom stereocenters. The number of aromatic hydroxyl groups is 2. The third-order valence-corrected chi connectivity index (χ3v) is 3.80. The highest BCUT2D eigenvalue weighted by molar-refractivity contribution is 6.35. The van der Waals surface area contributed by atoms with Crippen LogP contribution < -0.4 is 10.2 Å². The van der Waals surface area contributed by atoms with Crippen LogP contribution in [0.1, 0.15) is 19.4 Å². The molecule has 0 aliphatic heterocycles. The second-order valence-corrected chi connectivity index (χ2v) is 6.05. The topological polar surface area (TPSA) is 91.2 Å². The zero-order chi connectivity index (χ0) is 18.6. The van der Waals surface area contributed by atoms with E-state index in [1.54, 1.807) is 26.0 Å². The second-order valence-electron chi connectivity index (χ2n) is 5.21. The predicted molar refractivity (Wildman–Crippen MR) is 96.7 cm³/mol. The largest absolute Gasteiger partial charge is 0.508 e. The van der Waals surface area contributed by atoms with Crippen molar-refractivity contribution in [1.82, 2.24) is 5.43 Å². The van der Waals surface area contributed by atoms with Gasteiger partial charge in [0.15, 0.2) is 6.10 Å². The van der Waals surface area contributed by atoms with Crippen molar-refractivity contribution in [3.63, 3.8) is 0 Å². The molecule has 3 N–H and O–H groups in total. The Morgan fingerprint density at radius 1 is 1.20 bits per heavy atom. The number of hydrogen-bond donors (Lipinski definition) is 3. The Kier molecular flexibility index (Phi) is 6.12. The molecule has 1 atom stereocenters. The first kappa shape index (κ1) is 18.9. The van der Waals surface area contributed by atoms with E-state index in [9.17, 15) is 15.0 Å². The SMILES string of the molecule is C/C(=N/NC(=O)[C@@H](C)Oc1ccc(Cl)cc1Cl)c1ccc(O)cc1O. The molecule has 1 amide bonds. The number of amides is 1. The van der Waals surface area contributed by atoms with E-state index in [0.29, 0.717) is 27.1 Å². The van der Waals surface area contributed by atoms with Crippen molar-refractivity contribution in [2.24, 2.45) is 5.10 Å². The molecular weight excluding hydrogens is 367 g/mol. The number of phenols is 2. The van der Waals surface area contributed by atoms with Crippen LogP contribution in [0, 0.1) is 0 Å². The number of hydrazone groups is 1. The molecule has 8 heteroatoms. The Labute approximate surface area is 154 Å². The maximum atomic E-state index is 12.1. The van der Waals surface area contributed by atoms with Crippen molar-refractivity contribution >= 4 is 34.8 Å². The van der Waals surface area contributed by atoms with Gasteiger partial charge in [0.05, 0.1) is 10.7 Å². The van der Waals surface area contributed by atoms with Crippen molar-refractivity contribution in [2.75, 3.05) is 0 Å². The van der Waals surface area contributed by atoms with E-state index in [1.165, 1.54) is 24.3 Å². The Hall–Kier alpha value is -2.44. The standard InChI is InChI=1S/C17H16Cl2N2O4/c1-9(13-5-4-12(22)8-15(13)23)20-21-17(24)10(2)25-16-6-3-11(18)7-14(16)19/h3-8,10,22-23H,1-2H3,(H,21,24)/b20-9-/t10-/m1/s1. The summed E-state index contributed by atoms with van der Waals surface area (Å²) in [5.41, 5.74) is 3.10. The van der Waals surface area contributed by atoms with Crippen molar-refractivity contribution in [3.8, 4) is 17.2 Å². The molecule has 0 spiro atoms. The number of phenolic OH excluding ortho intramolecular Hbond substituents is 2. The first-order valence-electron chi connectivity index (χ1n) is 7.26. The molecule has 2 rings (SSSR count). The zero-order valence-electron chi connectivity index (χ0n) is 13.5. The van der Waals surface area contributed by atoms with E-state index in [1.807, 2.05) is 0 Å². The summed E-state index contributed by atoms with van der Waals surface area (Å²) in [6, 6.07) is 8.76. The van der Waals surface area contributed by atoms with Gasteiger partial charge in [-0.25, -0.2) is 5.43 Å². The Bertz CT molecular complexity index is 824. The molecule has 25 heavy (non-hydrogen) atoms. The summed E-state index contributed by atoms with van der Waals surface area (Å²) in [5, 5.41) is 23.7. The number of carbonyl (C=O) groups is 1. The van der Waals surface area contributed by atoms with Gasteiger partial charge in [0, 0.05) is 16.7 Å². The van der Waals surface area contributed by atoms with Gasteiger partial charge >= 0.3 is 0 Å². The average Bonchev–Trinajstić information content (AvgIpc) is 2.54. The highest BCUT2D eigenvalue weighted by atomic mass is 35.5. The van der Waals surface area contributed by atoms with Crippen LogP contribution in [0.5, 0.6) is 17.2 Å². The zero-order valence-corrected chi connectivity index (χ0v) is 15.0. The molecule has 132 valence electrons. The average molecular weight is 383 g/mol. The van der Waals surface area contributed by atoms with E-state index in [-0.39, 0.29) is 11.5 Å². The number of halogens is 2. The number of rotatable bonds is 5. The number of benzene rings is 2. The van der Waals surface area contributed by atoms with E-state index in [2.05, 4.69) is 10.5 Å². The van der Waals surface area contributed by atoms with Gasteiger partial charge in [0.25, 0.3) is 5.91 Å². The number of nitrogens with one attached hydrogen (secondary N) is 1. The van der Waals surface area contributed by atoms with Gasteiger partial charge in [-0.1, -0.05) is 23.2 Å². The highest BCUT2D eigenvalue weighted by Gasteiger charge is 2.16. The molecule has 2 aromatic rings. The first-order chi connectivity index (χ1) is 11.8. The Balaban J connectivity index is 2.03. The van der Waals surface area contributed by atoms with Crippen LogP contribution in [-0.2, 0) is 4.79 Å². The van der Waals surface area contributed by atoms with Crippen LogP contribution in [0.2, 0.25) is 10.0 Å². The number of nitrogens with zero attached hydrogens (tertiary/aromatic N) is 1. The fourth-order valence-corrected chi connectivity index (χ4v) is 2.38. The van der Waals surface area contributed by atoms with E-state index >= 15 is 0 Å². The van der Waals surface area contributed by atoms with E-state index in [4.69, 9.17) is 27.9 Å². The van der Waals surface area contributed by atoms with E-state index < -0.39 is 12.0 Å². The lowest BCUT2D eigenvalue weighted by atomic mass is 10.1. The summed E-state index contributed by atoms with van der Waals surface area (Å²) < 4.78 is 5.49. The number of hydrogen-bond acceptors (Lipinski definition) is 5. The van der Waals surface area contributed by atoms with Crippen LogP contribution in [0.25, 0.3) is 0 Å². The lowest BCUT2D eigenvalue weighted by Gasteiger charge is -2.14. The summed E-state index contributed by atoms with van der Waals surface area (Å²) in [6.45, 7) is 3.15. The molecule has 0 saturated carbocycles. The minimum Gasteiger partial charge on any atom is -0.508 e. The van der Waals surface area contributed by atoms with Crippen molar-refractivity contribution in [2.45, 2.75) is 20.0 Å². The normalized spacial score (nSPS) is 12.6. The lowest BCUT2D eigenvalue weighted by molar-refractivity contribution is -0.127. The summed E-state index contributed by atoms with van der Waals surface area (Å²) >= 11 is 11.8. The van der Waals surface area contributed by atoms with Gasteiger partial charge in [-0.3, -0.25) is 4.79 Å². The third kappa shape index (κ3) is 5.01. The summed E-state index contributed by atoms with van der Waals surface area (Å²) in [4.78, 5) is 12.1. The van der Waals surface area contributed by atoms with Crippen LogP contribution in [0.4, 0.5) is 0 Å². The van der Waals surface area contributed by atoms with Gasteiger partial charge in [-0.05, 0) is 44.2 Å². The van der Waals surface area contributed by atoms with E-state index in [0.717, 1.165) is 0 Å². The van der Waals surface area contributed by atoms with Gasteiger partial charge in [0.2, 0.25) is 0 Å². The van der Waals surface area contributed by atoms with Gasteiger partial charge in [0.1, 0.15) is 17.2 Å². The molecular formula is C17H16Cl2N2O4. The summed E-state index contributed by atoms with van der Waals surface area (Å²) in [5.74, 6) is -0.387. The number of ether oxygens (including phenoxy) is 1. The van der Waals surface area contributed by atoms with Crippen LogP contribution in [0.15, 0.2) is 41.5 Å². The van der Waals surface area contributed by atoms with Crippen LogP contribution in [-0.4, -0.2) is 27.9 Å². The van der Waals surface area contributed by atoms with Gasteiger partial charge in [-0.2, -0.15) is 5.10 Å². The molecule has 0 radical (unpaired) electrons. The van der Waals surface area contributed by atoms with Gasteiger partial charge in [-0.15, -0.1) is 0 Å². The molecule has 6 nitrogen and oxygen atoms in total. The maximum absolute atomic E-state index is 12.1. The molecule has 0 heterocycles. The van der Waals surface area contributed by atoms with Crippen molar-refractivity contribution < 1.29 is 19.7 Å². The molecule has 0 fully saturated rings. The molecule has 0 aromatic heterocycles. The third-order valence-electron chi connectivity index (χ3n) is 3.27. The van der Waals surface area contributed by atoms with Crippen molar-refractivity contribution in [3.05, 3.63) is 52.0 Å². The minimum absolute atomic E-state index is 0.0695. The first-order valence-corrected chi connectivity index (χ1v) is 8.01. The monoisotopic (exact) mass is 382 g/mol. The quantitative estimate of drug-likeness (QED) is 0.542. The Morgan fingerprint density at radius 3 is 2.56 bits per heavy atom.